The molecule has 0 saturated carbocycles. The van der Waals surface area contributed by atoms with Crippen LogP contribution >= 0.6 is 12.2 Å². The minimum Gasteiger partial charge on any atom is -0.508 e. The van der Waals surface area contributed by atoms with Crippen molar-refractivity contribution in [2.75, 3.05) is 18.4 Å². The molecule has 0 radical (unpaired) electrons. The maximum absolute atomic E-state index is 12.3. The lowest BCUT2D eigenvalue weighted by Crippen LogP contribution is -2.37. The van der Waals surface area contributed by atoms with Gasteiger partial charge in [-0.1, -0.05) is 6.07 Å². The van der Waals surface area contributed by atoms with Gasteiger partial charge in [-0.2, -0.15) is 0 Å². The van der Waals surface area contributed by atoms with Crippen molar-refractivity contribution in [2.45, 2.75) is 25.8 Å². The van der Waals surface area contributed by atoms with Crippen LogP contribution < -0.4 is 27.1 Å². The third-order valence-electron chi connectivity index (χ3n) is 6.01. The molecule has 1 atom stereocenters. The molecule has 7 N–H and O–H groups in total. The number of benzene rings is 3. The fourth-order valence-corrected chi connectivity index (χ4v) is 4.39. The second-order valence-electron chi connectivity index (χ2n) is 9.13. The molecule has 39 heavy (non-hydrogen) atoms. The van der Waals surface area contributed by atoms with E-state index in [-0.39, 0.29) is 39.6 Å². The van der Waals surface area contributed by atoms with Gasteiger partial charge in [0.1, 0.15) is 17.1 Å². The third-order valence-corrected chi connectivity index (χ3v) is 6.26. The van der Waals surface area contributed by atoms with Crippen molar-refractivity contribution in [2.24, 2.45) is 5.73 Å². The summed E-state index contributed by atoms with van der Waals surface area (Å²) in [7, 11) is 0. The molecule has 0 fully saturated rings. The minimum atomic E-state index is -1.16. The first-order valence-corrected chi connectivity index (χ1v) is 12.7. The number of nitrogens with one attached hydrogen (secondary N) is 3. The number of hydrogen-bond donors (Lipinski definition) is 6. The van der Waals surface area contributed by atoms with Crippen LogP contribution in [0.3, 0.4) is 0 Å². The average Bonchev–Trinajstić information content (AvgIpc) is 2.88. The lowest BCUT2D eigenvalue weighted by molar-refractivity contribution is -0.121. The molecule has 1 amide bonds. The first-order chi connectivity index (χ1) is 18.6. The number of amides is 1. The number of carboxylic acids is 1. The van der Waals surface area contributed by atoms with Crippen LogP contribution in [0.2, 0.25) is 0 Å². The molecule has 4 rings (SSSR count). The van der Waals surface area contributed by atoms with E-state index in [0.29, 0.717) is 59.3 Å². The number of carbonyl (C=O) groups is 2. The number of phenols is 1. The Morgan fingerprint density at radius 2 is 1.77 bits per heavy atom. The number of carboxylic acid groups (broad SMARTS) is 1. The Bertz CT molecular complexity index is 1580. The van der Waals surface area contributed by atoms with Crippen LogP contribution in [0, 0.1) is 0 Å². The zero-order valence-electron chi connectivity index (χ0n) is 21.1. The third kappa shape index (κ3) is 6.70. The maximum atomic E-state index is 12.3. The van der Waals surface area contributed by atoms with Crippen LogP contribution in [0.25, 0.3) is 33.4 Å². The number of anilines is 1. The summed E-state index contributed by atoms with van der Waals surface area (Å²) in [5.41, 5.74) is 7.65. The van der Waals surface area contributed by atoms with Gasteiger partial charge in [-0.3, -0.25) is 9.59 Å². The largest absolute Gasteiger partial charge is 0.508 e. The highest BCUT2D eigenvalue weighted by atomic mass is 32.1. The quantitative estimate of drug-likeness (QED) is 0.103. The molecule has 10 nitrogen and oxygen atoms in total. The second kappa shape index (κ2) is 11.9. The van der Waals surface area contributed by atoms with Gasteiger partial charge in [0.25, 0.3) is 0 Å². The smallest absolute Gasteiger partial charge is 0.336 e. The molecule has 1 aliphatic heterocycles. The Hall–Kier alpha value is -4.48. The van der Waals surface area contributed by atoms with Crippen LogP contribution in [-0.2, 0) is 4.79 Å². The van der Waals surface area contributed by atoms with Crippen molar-refractivity contribution < 1.29 is 24.2 Å². The molecule has 2 aromatic rings. The predicted molar refractivity (Wildman–Crippen MR) is 153 cm³/mol. The van der Waals surface area contributed by atoms with E-state index in [1.807, 2.05) is 6.92 Å². The summed E-state index contributed by atoms with van der Waals surface area (Å²) in [6.07, 6.45) is 0.955. The van der Waals surface area contributed by atoms with Gasteiger partial charge >= 0.3 is 5.97 Å². The molecule has 2 aromatic carbocycles. The van der Waals surface area contributed by atoms with E-state index in [4.69, 9.17) is 22.4 Å². The van der Waals surface area contributed by atoms with E-state index in [9.17, 15) is 24.6 Å². The molecule has 0 aromatic heterocycles. The molecule has 0 bridgehead atoms. The minimum absolute atomic E-state index is 0.00253. The van der Waals surface area contributed by atoms with Crippen molar-refractivity contribution in [3.63, 3.8) is 0 Å². The van der Waals surface area contributed by atoms with Crippen molar-refractivity contribution in [1.82, 2.24) is 10.6 Å². The van der Waals surface area contributed by atoms with Crippen LogP contribution in [-0.4, -0.2) is 46.3 Å². The summed E-state index contributed by atoms with van der Waals surface area (Å²) in [4.78, 5) is 36.1. The number of carbonyl (C=O) groups excluding carboxylic acids is 1. The number of aromatic carboxylic acids is 1. The lowest BCUT2D eigenvalue weighted by Gasteiger charge is -2.18. The summed E-state index contributed by atoms with van der Waals surface area (Å²) < 4.78 is 5.86. The zero-order chi connectivity index (χ0) is 28.1. The number of thiocarbonyl (C=S) groups is 1. The number of aromatic hydroxyl groups is 1. The van der Waals surface area contributed by atoms with Crippen molar-refractivity contribution in [3.05, 3.63) is 70.4 Å². The van der Waals surface area contributed by atoms with Gasteiger partial charge in [0, 0.05) is 59.9 Å². The first-order valence-electron chi connectivity index (χ1n) is 12.3. The molecule has 1 aliphatic carbocycles. The Morgan fingerprint density at radius 3 is 2.51 bits per heavy atom. The highest BCUT2D eigenvalue weighted by Gasteiger charge is 2.22. The molecule has 1 unspecified atom stereocenters. The summed E-state index contributed by atoms with van der Waals surface area (Å²) in [5.74, 6) is -1.02. The van der Waals surface area contributed by atoms with Gasteiger partial charge in [-0.05, 0) is 67.5 Å². The van der Waals surface area contributed by atoms with Gasteiger partial charge in [0.2, 0.25) is 5.91 Å². The predicted octanol–water partition coefficient (Wildman–Crippen LogP) is 3.50. The van der Waals surface area contributed by atoms with E-state index in [2.05, 4.69) is 16.0 Å². The fourth-order valence-electron chi connectivity index (χ4n) is 4.17. The molecule has 202 valence electrons. The van der Waals surface area contributed by atoms with Crippen LogP contribution in [0.15, 0.2) is 63.8 Å². The van der Waals surface area contributed by atoms with Gasteiger partial charge in [-0.25, -0.2) is 4.79 Å². The first kappa shape index (κ1) is 27.6. The van der Waals surface area contributed by atoms with E-state index in [0.717, 1.165) is 0 Å². The number of fused-ring (bicyclic) bond motifs is 2. The zero-order valence-corrected chi connectivity index (χ0v) is 21.9. The average molecular weight is 549 g/mol. The normalized spacial score (nSPS) is 11.7. The van der Waals surface area contributed by atoms with Crippen LogP contribution in [0.4, 0.5) is 5.69 Å². The van der Waals surface area contributed by atoms with Crippen molar-refractivity contribution in [1.29, 1.82) is 0 Å². The Kier molecular flexibility index (Phi) is 8.43. The highest BCUT2D eigenvalue weighted by molar-refractivity contribution is 7.80. The van der Waals surface area contributed by atoms with E-state index >= 15 is 0 Å². The van der Waals surface area contributed by atoms with Gasteiger partial charge in [0.15, 0.2) is 10.5 Å². The Balaban J connectivity index is 1.57. The monoisotopic (exact) mass is 548 g/mol. The summed E-state index contributed by atoms with van der Waals surface area (Å²) in [5, 5.41) is 29.6. The van der Waals surface area contributed by atoms with E-state index < -0.39 is 5.97 Å². The molecule has 11 heteroatoms. The maximum Gasteiger partial charge on any atom is 0.336 e. The fraction of sp³-hybridized carbons (Fsp3) is 0.214. The topological polar surface area (TPSA) is 167 Å². The van der Waals surface area contributed by atoms with Crippen LogP contribution in [0.1, 0.15) is 30.1 Å². The lowest BCUT2D eigenvalue weighted by atomic mass is 9.90. The number of phenolic OH excluding ortho intramolecular Hbond substituents is 1. The van der Waals surface area contributed by atoms with Crippen molar-refractivity contribution in [3.8, 4) is 28.2 Å². The molecule has 2 aliphatic rings. The van der Waals surface area contributed by atoms with Gasteiger partial charge < -0.3 is 36.3 Å². The molecular weight excluding hydrogens is 520 g/mol. The summed E-state index contributed by atoms with van der Waals surface area (Å²) >= 11 is 5.32. The highest BCUT2D eigenvalue weighted by Crippen LogP contribution is 2.42. The SMILES string of the molecule is CC(N)CCC(=O)NCCNC(=S)Nc1ccc(-c2c3ccc(=O)cc-3oc3cc(O)ccc23)c(C(=O)O)c1. The van der Waals surface area contributed by atoms with Crippen molar-refractivity contribution >= 4 is 45.9 Å². The van der Waals surface area contributed by atoms with E-state index in [1.54, 1.807) is 24.3 Å². The Morgan fingerprint density at radius 1 is 1.03 bits per heavy atom. The van der Waals surface area contributed by atoms with Gasteiger partial charge in [-0.15, -0.1) is 0 Å². The number of nitrogens with two attached hydrogens (primary N) is 1. The summed E-state index contributed by atoms with van der Waals surface area (Å²) in [6.45, 7) is 2.58. The second-order valence-corrected chi connectivity index (χ2v) is 9.54. The van der Waals surface area contributed by atoms with Gasteiger partial charge in [0.05, 0.1) is 5.56 Å². The summed E-state index contributed by atoms with van der Waals surface area (Å²) in [6, 6.07) is 13.6. The molecule has 0 spiro atoms. The number of rotatable bonds is 9. The van der Waals surface area contributed by atoms with Crippen LogP contribution in [0.5, 0.6) is 5.75 Å². The molecule has 0 saturated heterocycles. The standard InChI is InChI=1S/C28H28N4O6S/c1-15(29)2-9-25(35)30-10-11-31-28(39)32-16-3-6-19(22(12-16)27(36)37)26-20-7-4-17(33)13-23(20)38-24-14-18(34)5-8-21(24)26/h3-8,12-15,33H,2,9-11,29H2,1H3,(H,30,35)(H,36,37)(H2,31,32,39). The number of hydrogen-bond acceptors (Lipinski definition) is 7. The Labute approximate surface area is 229 Å². The molecule has 1 heterocycles. The molecular formula is C28H28N4O6S. The van der Waals surface area contributed by atoms with E-state index in [1.165, 1.54) is 30.3 Å².